The minimum atomic E-state index is -0.0698. The predicted octanol–water partition coefficient (Wildman–Crippen LogP) is 10.6. The van der Waals surface area contributed by atoms with Crippen LogP contribution in [0.5, 0.6) is 5.75 Å². The van der Waals surface area contributed by atoms with Crippen LogP contribution in [0.3, 0.4) is 0 Å². The standard InChI is InChI=1S/C34H49NO/c1-3-5-7-9-10-11-12-24-34(28-35)25-22-32(23-26-34)30-16-14-29(15-17-30)31-18-20-33(21-19-31)36-27-13-8-6-4-2/h14-21,32H,3-13,22-27H2,1-2H3. The van der Waals surface area contributed by atoms with Crippen LogP contribution in [0.25, 0.3) is 11.1 Å². The summed E-state index contributed by atoms with van der Waals surface area (Å²) in [7, 11) is 0. The van der Waals surface area contributed by atoms with Crippen molar-refractivity contribution in [3.8, 4) is 22.9 Å². The fraction of sp³-hybridized carbons (Fsp3) is 0.618. The Bertz CT molecular complexity index is 884. The van der Waals surface area contributed by atoms with Crippen LogP contribution < -0.4 is 4.74 Å². The molecule has 1 aliphatic carbocycles. The molecule has 0 aromatic heterocycles. The highest BCUT2D eigenvalue weighted by molar-refractivity contribution is 5.64. The zero-order valence-corrected chi connectivity index (χ0v) is 23.1. The fourth-order valence-corrected chi connectivity index (χ4v) is 5.75. The number of ether oxygens (including phenoxy) is 1. The number of rotatable bonds is 16. The summed E-state index contributed by atoms with van der Waals surface area (Å²) in [6, 6.07) is 20.4. The lowest BCUT2D eigenvalue weighted by atomic mass is 9.67. The number of nitriles is 1. The van der Waals surface area contributed by atoms with E-state index in [0.717, 1.165) is 50.9 Å². The Morgan fingerprint density at radius 3 is 1.83 bits per heavy atom. The molecule has 0 radical (unpaired) electrons. The van der Waals surface area contributed by atoms with Gasteiger partial charge in [-0.1, -0.05) is 114 Å². The highest BCUT2D eigenvalue weighted by Crippen LogP contribution is 2.46. The lowest BCUT2D eigenvalue weighted by molar-refractivity contribution is 0.223. The van der Waals surface area contributed by atoms with Crippen molar-refractivity contribution in [3.63, 3.8) is 0 Å². The van der Waals surface area contributed by atoms with Gasteiger partial charge in [0.25, 0.3) is 0 Å². The molecule has 0 N–H and O–H groups in total. The molecule has 1 aliphatic rings. The lowest BCUT2D eigenvalue weighted by Crippen LogP contribution is -2.25. The Labute approximate surface area is 221 Å². The Morgan fingerprint density at radius 2 is 1.25 bits per heavy atom. The molecule has 2 aromatic rings. The third-order valence-electron chi connectivity index (χ3n) is 8.28. The van der Waals surface area contributed by atoms with E-state index in [1.807, 2.05) is 0 Å². The van der Waals surface area contributed by atoms with Gasteiger partial charge < -0.3 is 4.74 Å². The highest BCUT2D eigenvalue weighted by atomic mass is 16.5. The van der Waals surface area contributed by atoms with E-state index in [-0.39, 0.29) is 5.41 Å². The summed E-state index contributed by atoms with van der Waals surface area (Å²) in [5, 5.41) is 9.98. The van der Waals surface area contributed by atoms with E-state index in [4.69, 9.17) is 4.74 Å². The van der Waals surface area contributed by atoms with E-state index >= 15 is 0 Å². The molecule has 0 aliphatic heterocycles. The Kier molecular flexibility index (Phi) is 12.4. The second kappa shape index (κ2) is 15.8. The van der Waals surface area contributed by atoms with E-state index in [2.05, 4.69) is 68.4 Å². The van der Waals surface area contributed by atoms with Gasteiger partial charge in [0.2, 0.25) is 0 Å². The van der Waals surface area contributed by atoms with Crippen molar-refractivity contribution in [3.05, 3.63) is 54.1 Å². The van der Waals surface area contributed by atoms with Gasteiger partial charge in [-0.05, 0) is 73.3 Å². The molecule has 3 rings (SSSR count). The molecule has 0 amide bonds. The van der Waals surface area contributed by atoms with Gasteiger partial charge in [-0.25, -0.2) is 0 Å². The molecule has 1 fully saturated rings. The minimum absolute atomic E-state index is 0.0698. The molecule has 196 valence electrons. The fourth-order valence-electron chi connectivity index (χ4n) is 5.75. The molecule has 0 spiro atoms. The number of unbranched alkanes of at least 4 members (excludes halogenated alkanes) is 9. The molecule has 36 heavy (non-hydrogen) atoms. The SMILES string of the molecule is CCCCCCCCCC1(C#N)CCC(c2ccc(-c3ccc(OCCCCCC)cc3)cc2)CC1. The summed E-state index contributed by atoms with van der Waals surface area (Å²) >= 11 is 0. The van der Waals surface area contributed by atoms with Crippen LogP contribution in [0.15, 0.2) is 48.5 Å². The van der Waals surface area contributed by atoms with Gasteiger partial charge in [0.15, 0.2) is 0 Å². The summed E-state index contributed by atoms with van der Waals surface area (Å²) in [4.78, 5) is 0. The maximum atomic E-state index is 9.98. The monoisotopic (exact) mass is 487 g/mol. The minimum Gasteiger partial charge on any atom is -0.494 e. The molecule has 2 aromatic carbocycles. The zero-order chi connectivity index (χ0) is 25.5. The lowest BCUT2D eigenvalue weighted by Gasteiger charge is -2.35. The van der Waals surface area contributed by atoms with Crippen LogP contribution in [0.2, 0.25) is 0 Å². The van der Waals surface area contributed by atoms with E-state index in [1.165, 1.54) is 80.9 Å². The molecule has 0 unspecified atom stereocenters. The largest absolute Gasteiger partial charge is 0.494 e. The second-order valence-electron chi connectivity index (χ2n) is 11.1. The van der Waals surface area contributed by atoms with Crippen LogP contribution in [0.4, 0.5) is 0 Å². The first kappa shape index (κ1) is 28.3. The second-order valence-corrected chi connectivity index (χ2v) is 11.1. The molecular formula is C34H49NO. The van der Waals surface area contributed by atoms with Crippen LogP contribution in [0.1, 0.15) is 128 Å². The number of nitrogens with zero attached hydrogens (tertiary/aromatic N) is 1. The van der Waals surface area contributed by atoms with Crippen LogP contribution in [-0.2, 0) is 0 Å². The first-order valence-corrected chi connectivity index (χ1v) is 14.9. The van der Waals surface area contributed by atoms with Crippen molar-refractivity contribution in [2.75, 3.05) is 6.61 Å². The number of hydrogen-bond donors (Lipinski definition) is 0. The van der Waals surface area contributed by atoms with Gasteiger partial charge in [-0.2, -0.15) is 5.26 Å². The number of hydrogen-bond acceptors (Lipinski definition) is 2. The normalized spacial score (nSPS) is 19.6. The van der Waals surface area contributed by atoms with Crippen molar-refractivity contribution in [1.29, 1.82) is 5.26 Å². The van der Waals surface area contributed by atoms with Gasteiger partial charge in [0.05, 0.1) is 18.1 Å². The molecule has 0 saturated heterocycles. The van der Waals surface area contributed by atoms with Crippen molar-refractivity contribution < 1.29 is 4.74 Å². The van der Waals surface area contributed by atoms with Crippen molar-refractivity contribution in [2.45, 2.75) is 122 Å². The first-order chi connectivity index (χ1) is 17.7. The summed E-state index contributed by atoms with van der Waals surface area (Å²) in [6.07, 6.45) is 19.7. The third-order valence-corrected chi connectivity index (χ3v) is 8.28. The summed E-state index contributed by atoms with van der Waals surface area (Å²) in [5.74, 6) is 1.56. The Hall–Kier alpha value is -2.27. The summed E-state index contributed by atoms with van der Waals surface area (Å²) in [6.45, 7) is 5.31. The smallest absolute Gasteiger partial charge is 0.119 e. The Balaban J connectivity index is 1.43. The third kappa shape index (κ3) is 8.99. The molecule has 0 heterocycles. The summed E-state index contributed by atoms with van der Waals surface area (Å²) < 4.78 is 5.90. The van der Waals surface area contributed by atoms with E-state index < -0.39 is 0 Å². The average molecular weight is 488 g/mol. The van der Waals surface area contributed by atoms with E-state index in [1.54, 1.807) is 0 Å². The molecule has 2 nitrogen and oxygen atoms in total. The molecule has 1 saturated carbocycles. The first-order valence-electron chi connectivity index (χ1n) is 14.9. The molecule has 0 atom stereocenters. The van der Waals surface area contributed by atoms with Gasteiger partial charge in [0, 0.05) is 0 Å². The maximum Gasteiger partial charge on any atom is 0.119 e. The van der Waals surface area contributed by atoms with Crippen molar-refractivity contribution >= 4 is 0 Å². The van der Waals surface area contributed by atoms with E-state index in [0.29, 0.717) is 5.92 Å². The van der Waals surface area contributed by atoms with Gasteiger partial charge in [-0.3, -0.25) is 0 Å². The van der Waals surface area contributed by atoms with Gasteiger partial charge in [0.1, 0.15) is 5.75 Å². The predicted molar refractivity (Wildman–Crippen MR) is 153 cm³/mol. The van der Waals surface area contributed by atoms with Crippen LogP contribution in [0, 0.1) is 16.7 Å². The van der Waals surface area contributed by atoms with Crippen LogP contribution in [-0.4, -0.2) is 6.61 Å². The maximum absolute atomic E-state index is 9.98. The van der Waals surface area contributed by atoms with Gasteiger partial charge >= 0.3 is 0 Å². The number of benzene rings is 2. The average Bonchev–Trinajstić information content (AvgIpc) is 2.93. The molecular weight excluding hydrogens is 438 g/mol. The van der Waals surface area contributed by atoms with Gasteiger partial charge in [-0.15, -0.1) is 0 Å². The van der Waals surface area contributed by atoms with Crippen LogP contribution >= 0.6 is 0 Å². The Morgan fingerprint density at radius 1 is 0.722 bits per heavy atom. The quantitative estimate of drug-likeness (QED) is 0.221. The zero-order valence-electron chi connectivity index (χ0n) is 23.1. The highest BCUT2D eigenvalue weighted by Gasteiger charge is 2.35. The van der Waals surface area contributed by atoms with Crippen molar-refractivity contribution in [1.82, 2.24) is 0 Å². The van der Waals surface area contributed by atoms with E-state index in [9.17, 15) is 5.26 Å². The topological polar surface area (TPSA) is 33.0 Å². The molecule has 2 heteroatoms. The molecule has 0 bridgehead atoms. The summed E-state index contributed by atoms with van der Waals surface area (Å²) in [5.41, 5.74) is 3.86. The van der Waals surface area contributed by atoms with Crippen molar-refractivity contribution in [2.24, 2.45) is 5.41 Å².